The van der Waals surface area contributed by atoms with Crippen molar-refractivity contribution in [2.24, 2.45) is 5.41 Å². The van der Waals surface area contributed by atoms with Gasteiger partial charge in [0.25, 0.3) is 0 Å². The lowest BCUT2D eigenvalue weighted by Gasteiger charge is -2.24. The molecule has 0 radical (unpaired) electrons. The van der Waals surface area contributed by atoms with Crippen molar-refractivity contribution in [3.8, 4) is 0 Å². The van der Waals surface area contributed by atoms with E-state index in [4.69, 9.17) is 10.8 Å². The summed E-state index contributed by atoms with van der Waals surface area (Å²) in [4.78, 5) is -0.516. The van der Waals surface area contributed by atoms with E-state index in [1.165, 1.54) is 12.1 Å². The van der Waals surface area contributed by atoms with Gasteiger partial charge in [-0.25, -0.2) is 17.5 Å². The van der Waals surface area contributed by atoms with Crippen LogP contribution >= 0.6 is 0 Å². The number of nitrogens with one attached hydrogen (secondary N) is 1. The Bertz CT molecular complexity index is 538. The Balaban J connectivity index is 2.86. The van der Waals surface area contributed by atoms with Gasteiger partial charge in [-0.1, -0.05) is 19.9 Å². The molecule has 114 valence electrons. The predicted octanol–water partition coefficient (Wildman–Crippen LogP) is 1.48. The zero-order valence-corrected chi connectivity index (χ0v) is 12.5. The van der Waals surface area contributed by atoms with Crippen LogP contribution in [0.2, 0.25) is 0 Å². The summed E-state index contributed by atoms with van der Waals surface area (Å²) < 4.78 is 40.2. The van der Waals surface area contributed by atoms with E-state index in [-0.39, 0.29) is 24.3 Å². The summed E-state index contributed by atoms with van der Waals surface area (Å²) >= 11 is 0. The zero-order valence-electron chi connectivity index (χ0n) is 11.7. The number of nitrogen functional groups attached to an aromatic ring is 1. The zero-order chi connectivity index (χ0) is 15.4. The molecule has 20 heavy (non-hydrogen) atoms. The van der Waals surface area contributed by atoms with Crippen molar-refractivity contribution in [1.82, 2.24) is 4.72 Å². The molecule has 0 unspecified atom stereocenters. The van der Waals surface area contributed by atoms with Crippen LogP contribution in [-0.2, 0) is 10.0 Å². The molecule has 0 heterocycles. The highest BCUT2D eigenvalue weighted by Crippen LogP contribution is 2.24. The standard InChI is InChI=1S/C13H21FN2O3S/c1-13(2,7-4-8-17)9-16-20(18,19)12-10(14)5-3-6-11(12)15/h3,5-6,16-17H,4,7-9,15H2,1-2H3. The number of rotatable bonds is 7. The molecule has 0 amide bonds. The number of aliphatic hydroxyl groups is 1. The Morgan fingerprint density at radius 3 is 2.60 bits per heavy atom. The lowest BCUT2D eigenvalue weighted by atomic mass is 9.88. The Morgan fingerprint density at radius 2 is 2.05 bits per heavy atom. The van der Waals surface area contributed by atoms with Gasteiger partial charge in [0.15, 0.2) is 0 Å². The molecule has 1 aromatic rings. The fourth-order valence-corrected chi connectivity index (χ4v) is 3.25. The van der Waals surface area contributed by atoms with Gasteiger partial charge in [0.2, 0.25) is 10.0 Å². The van der Waals surface area contributed by atoms with Crippen molar-refractivity contribution in [2.45, 2.75) is 31.6 Å². The maximum atomic E-state index is 13.6. The normalized spacial score (nSPS) is 12.6. The maximum absolute atomic E-state index is 13.6. The highest BCUT2D eigenvalue weighted by Gasteiger charge is 2.25. The van der Waals surface area contributed by atoms with Crippen LogP contribution in [0.4, 0.5) is 10.1 Å². The number of anilines is 1. The second-order valence-electron chi connectivity index (χ2n) is 5.47. The van der Waals surface area contributed by atoms with Gasteiger partial charge in [-0.2, -0.15) is 0 Å². The lowest BCUT2D eigenvalue weighted by Crippen LogP contribution is -2.35. The largest absolute Gasteiger partial charge is 0.398 e. The molecule has 0 atom stereocenters. The van der Waals surface area contributed by atoms with Crippen LogP contribution in [0.5, 0.6) is 0 Å². The highest BCUT2D eigenvalue weighted by atomic mass is 32.2. The molecule has 0 aliphatic rings. The van der Waals surface area contributed by atoms with Crippen molar-refractivity contribution in [3.05, 3.63) is 24.0 Å². The first kappa shape index (κ1) is 16.9. The Kier molecular flexibility index (Phi) is 5.50. The van der Waals surface area contributed by atoms with Crippen molar-refractivity contribution >= 4 is 15.7 Å². The van der Waals surface area contributed by atoms with Crippen LogP contribution in [0.25, 0.3) is 0 Å². The Morgan fingerprint density at radius 1 is 1.40 bits per heavy atom. The van der Waals surface area contributed by atoms with E-state index in [0.717, 1.165) is 6.07 Å². The van der Waals surface area contributed by atoms with Crippen LogP contribution in [0.3, 0.4) is 0 Å². The number of halogens is 1. The molecule has 0 aliphatic heterocycles. The fourth-order valence-electron chi connectivity index (χ4n) is 1.82. The third-order valence-electron chi connectivity index (χ3n) is 3.02. The van der Waals surface area contributed by atoms with Gasteiger partial charge in [0.1, 0.15) is 10.7 Å². The van der Waals surface area contributed by atoms with Gasteiger partial charge in [-0.3, -0.25) is 0 Å². The molecule has 0 saturated heterocycles. The third kappa shape index (κ3) is 4.43. The molecule has 1 aromatic carbocycles. The molecule has 7 heteroatoms. The minimum absolute atomic E-state index is 0.0520. The SMILES string of the molecule is CC(C)(CCCO)CNS(=O)(=O)c1c(N)cccc1F. The third-order valence-corrected chi connectivity index (χ3v) is 4.51. The second kappa shape index (κ2) is 6.51. The number of hydrogen-bond acceptors (Lipinski definition) is 4. The Labute approximate surface area is 119 Å². The monoisotopic (exact) mass is 304 g/mol. The van der Waals surface area contributed by atoms with Gasteiger partial charge < -0.3 is 10.8 Å². The molecule has 5 nitrogen and oxygen atoms in total. The second-order valence-corrected chi connectivity index (χ2v) is 7.18. The van der Waals surface area contributed by atoms with E-state index < -0.39 is 20.7 Å². The summed E-state index contributed by atoms with van der Waals surface area (Å²) in [5, 5.41) is 8.80. The van der Waals surface area contributed by atoms with E-state index in [1.54, 1.807) is 0 Å². The number of sulfonamides is 1. The van der Waals surface area contributed by atoms with E-state index >= 15 is 0 Å². The summed E-state index contributed by atoms with van der Waals surface area (Å²) in [6.45, 7) is 3.94. The minimum atomic E-state index is -3.99. The van der Waals surface area contributed by atoms with Crippen LogP contribution < -0.4 is 10.5 Å². The van der Waals surface area contributed by atoms with Crippen molar-refractivity contribution in [3.63, 3.8) is 0 Å². The molecule has 0 bridgehead atoms. The fraction of sp³-hybridized carbons (Fsp3) is 0.538. The summed E-state index contributed by atoms with van der Waals surface area (Å²) in [5.74, 6) is -0.870. The molecule has 0 aromatic heterocycles. The van der Waals surface area contributed by atoms with Gasteiger partial charge in [-0.15, -0.1) is 0 Å². The molecule has 0 fully saturated rings. The Hall–Kier alpha value is -1.18. The van der Waals surface area contributed by atoms with Gasteiger partial charge in [-0.05, 0) is 30.4 Å². The van der Waals surface area contributed by atoms with E-state index in [2.05, 4.69) is 4.72 Å². The summed E-state index contributed by atoms with van der Waals surface area (Å²) in [6.07, 6.45) is 1.23. The average Bonchev–Trinajstić information content (AvgIpc) is 2.34. The minimum Gasteiger partial charge on any atom is -0.398 e. The summed E-state index contributed by atoms with van der Waals surface area (Å²) in [7, 11) is -3.99. The lowest BCUT2D eigenvalue weighted by molar-refractivity contribution is 0.242. The number of benzene rings is 1. The first-order chi connectivity index (χ1) is 9.19. The topological polar surface area (TPSA) is 92.4 Å². The van der Waals surface area contributed by atoms with Crippen molar-refractivity contribution in [1.29, 1.82) is 0 Å². The summed E-state index contributed by atoms with van der Waals surface area (Å²) in [6, 6.07) is 3.76. The predicted molar refractivity (Wildman–Crippen MR) is 76.1 cm³/mol. The average molecular weight is 304 g/mol. The van der Waals surface area contributed by atoms with Crippen LogP contribution in [0.1, 0.15) is 26.7 Å². The van der Waals surface area contributed by atoms with Gasteiger partial charge in [0.05, 0.1) is 5.69 Å². The molecule has 1 rings (SSSR count). The van der Waals surface area contributed by atoms with Crippen LogP contribution in [0, 0.1) is 11.2 Å². The van der Waals surface area contributed by atoms with E-state index in [1.807, 2.05) is 13.8 Å². The van der Waals surface area contributed by atoms with Gasteiger partial charge in [0, 0.05) is 13.2 Å². The van der Waals surface area contributed by atoms with Crippen LogP contribution in [-0.4, -0.2) is 26.7 Å². The first-order valence-corrected chi connectivity index (χ1v) is 7.82. The summed E-state index contributed by atoms with van der Waals surface area (Å²) in [5.41, 5.74) is 5.08. The maximum Gasteiger partial charge on any atom is 0.245 e. The molecule has 0 aliphatic carbocycles. The van der Waals surface area contributed by atoms with Crippen LogP contribution in [0.15, 0.2) is 23.1 Å². The number of hydrogen-bond donors (Lipinski definition) is 3. The van der Waals surface area contributed by atoms with Gasteiger partial charge >= 0.3 is 0 Å². The molecule has 0 saturated carbocycles. The molecule has 0 spiro atoms. The molecular weight excluding hydrogens is 283 g/mol. The smallest absolute Gasteiger partial charge is 0.245 e. The van der Waals surface area contributed by atoms with E-state index in [0.29, 0.717) is 12.8 Å². The number of aliphatic hydroxyl groups excluding tert-OH is 1. The molecular formula is C13H21FN2O3S. The van der Waals surface area contributed by atoms with Crippen molar-refractivity contribution in [2.75, 3.05) is 18.9 Å². The van der Waals surface area contributed by atoms with E-state index in [9.17, 15) is 12.8 Å². The quantitative estimate of drug-likeness (QED) is 0.665. The van der Waals surface area contributed by atoms with Crippen molar-refractivity contribution < 1.29 is 17.9 Å². The first-order valence-electron chi connectivity index (χ1n) is 6.34. The number of nitrogens with two attached hydrogens (primary N) is 1. The highest BCUT2D eigenvalue weighted by molar-refractivity contribution is 7.89. The molecule has 4 N–H and O–H groups in total.